The van der Waals surface area contributed by atoms with E-state index < -0.39 is 0 Å². The van der Waals surface area contributed by atoms with Crippen molar-refractivity contribution in [2.75, 3.05) is 18.7 Å². The summed E-state index contributed by atoms with van der Waals surface area (Å²) in [4.78, 5) is 17.2. The van der Waals surface area contributed by atoms with E-state index in [-0.39, 0.29) is 33.9 Å². The van der Waals surface area contributed by atoms with E-state index in [1.807, 2.05) is 49.4 Å². The molecule has 0 unspecified atom stereocenters. The number of ether oxygens (including phenoxy) is 2. The van der Waals surface area contributed by atoms with Crippen LogP contribution in [0.1, 0.15) is 22.8 Å². The number of carbonyl (C=O) groups excluding carboxylic acids is 1. The molecule has 5 nitrogen and oxygen atoms in total. The second-order valence-corrected chi connectivity index (χ2v) is 10.8. The van der Waals surface area contributed by atoms with Gasteiger partial charge in [0.05, 0.1) is 0 Å². The van der Waals surface area contributed by atoms with Crippen LogP contribution in [0.3, 0.4) is 0 Å². The molecule has 1 amide bonds. The monoisotopic (exact) mass is 545 g/mol. The minimum atomic E-state index is -0.256. The Kier molecular flexibility index (Phi) is 7.16. The van der Waals surface area contributed by atoms with Crippen LogP contribution in [-0.4, -0.2) is 24.3 Å². The summed E-state index contributed by atoms with van der Waals surface area (Å²) in [6.45, 7) is 4.85. The number of amides is 1. The van der Waals surface area contributed by atoms with Crippen molar-refractivity contribution in [3.05, 3.63) is 85.0 Å². The Labute approximate surface area is 195 Å². The van der Waals surface area contributed by atoms with Crippen molar-refractivity contribution < 1.29 is 35.5 Å². The number of fused-ring (bicyclic) bond motifs is 1. The molecule has 0 aliphatic heterocycles. The van der Waals surface area contributed by atoms with Crippen molar-refractivity contribution in [2.24, 2.45) is 0 Å². The van der Waals surface area contributed by atoms with E-state index in [4.69, 9.17) is 9.47 Å². The Morgan fingerprint density at radius 1 is 1.06 bits per heavy atom. The molecule has 1 aromatic heterocycles. The summed E-state index contributed by atoms with van der Waals surface area (Å²) in [5, 5.41) is 3.48. The number of hydrogen-bond acceptors (Lipinski definition) is 5. The van der Waals surface area contributed by atoms with Crippen molar-refractivity contribution in [2.45, 2.75) is 13.8 Å². The standard InChI is InChI=1S/C24H22IN2O3S/c1-3-29-15-30-20-11-12-21-22(14-20)31-24(26-21)27-23(28)17-7-9-18(10-8-17)25-19-6-4-5-16(2)13-19/h4-14H,3,15H2,1-2H3,(H,26,27,28)/q-1. The molecule has 0 atom stereocenters. The Hall–Kier alpha value is -2.49. The van der Waals surface area contributed by atoms with Gasteiger partial charge in [0, 0.05) is 6.61 Å². The van der Waals surface area contributed by atoms with Gasteiger partial charge in [-0.1, -0.05) is 0 Å². The summed E-state index contributed by atoms with van der Waals surface area (Å²) >= 11 is 1.17. The molecule has 0 aliphatic carbocycles. The number of aryl methyl sites for hydroxylation is 1. The fourth-order valence-corrected chi connectivity index (χ4v) is 6.23. The van der Waals surface area contributed by atoms with Crippen LogP contribution in [0.5, 0.6) is 5.75 Å². The van der Waals surface area contributed by atoms with E-state index in [0.29, 0.717) is 17.3 Å². The zero-order chi connectivity index (χ0) is 21.6. The Bertz CT molecular complexity index is 1190. The summed E-state index contributed by atoms with van der Waals surface area (Å²) < 4.78 is 14.4. The molecule has 0 aliphatic rings. The average Bonchev–Trinajstić information content (AvgIpc) is 3.16. The number of nitrogens with one attached hydrogen (secondary N) is 1. The van der Waals surface area contributed by atoms with Crippen LogP contribution in [0.15, 0.2) is 66.7 Å². The third kappa shape index (κ3) is 5.81. The Balaban J connectivity index is 1.41. The second-order valence-electron chi connectivity index (χ2n) is 6.76. The summed E-state index contributed by atoms with van der Waals surface area (Å²) in [5.41, 5.74) is 2.72. The van der Waals surface area contributed by atoms with Crippen LogP contribution in [0, 0.1) is 14.1 Å². The molecule has 0 saturated carbocycles. The molecule has 4 aromatic rings. The van der Waals surface area contributed by atoms with Crippen LogP contribution >= 0.6 is 11.3 Å². The van der Waals surface area contributed by atoms with E-state index in [1.54, 1.807) is 0 Å². The van der Waals surface area contributed by atoms with E-state index in [9.17, 15) is 4.79 Å². The summed E-state index contributed by atoms with van der Waals surface area (Å²) in [7, 11) is 0. The molecule has 0 radical (unpaired) electrons. The van der Waals surface area contributed by atoms with Crippen LogP contribution in [0.2, 0.25) is 0 Å². The molecule has 0 fully saturated rings. The third-order valence-corrected chi connectivity index (χ3v) is 7.97. The van der Waals surface area contributed by atoms with E-state index >= 15 is 0 Å². The normalized spacial score (nSPS) is 11.0. The van der Waals surface area contributed by atoms with Crippen LogP contribution in [0.4, 0.5) is 5.13 Å². The second kappa shape index (κ2) is 10.2. The third-order valence-electron chi connectivity index (χ3n) is 4.40. The predicted octanol–water partition coefficient (Wildman–Crippen LogP) is 2.36. The topological polar surface area (TPSA) is 60.5 Å². The number of thiazole rings is 1. The molecule has 1 heterocycles. The first-order chi connectivity index (χ1) is 15.1. The number of halogens is 1. The molecular weight excluding hydrogens is 523 g/mol. The molecule has 0 spiro atoms. The number of benzene rings is 3. The summed E-state index contributed by atoms with van der Waals surface area (Å²) in [5.74, 6) is 0.558. The Morgan fingerprint density at radius 2 is 1.90 bits per heavy atom. The van der Waals surface area contributed by atoms with Crippen molar-refractivity contribution in [3.63, 3.8) is 0 Å². The van der Waals surface area contributed by atoms with Gasteiger partial charge in [-0.15, -0.1) is 0 Å². The molecule has 160 valence electrons. The molecule has 4 rings (SSSR count). The van der Waals surface area contributed by atoms with E-state index in [1.165, 1.54) is 24.0 Å². The van der Waals surface area contributed by atoms with Crippen molar-refractivity contribution in [1.82, 2.24) is 4.98 Å². The zero-order valence-corrected chi connectivity index (χ0v) is 20.2. The van der Waals surface area contributed by atoms with Crippen LogP contribution in [-0.2, 0) is 4.74 Å². The molecule has 0 bridgehead atoms. The van der Waals surface area contributed by atoms with Crippen molar-refractivity contribution >= 4 is 32.6 Å². The first kappa shape index (κ1) is 21.7. The maximum absolute atomic E-state index is 12.7. The number of hydrogen-bond donors (Lipinski definition) is 1. The first-order valence-corrected chi connectivity index (χ1v) is 12.8. The summed E-state index contributed by atoms with van der Waals surface area (Å²) in [6, 6.07) is 22.1. The van der Waals surface area contributed by atoms with Gasteiger partial charge in [-0.05, 0) is 6.92 Å². The molecule has 7 heteroatoms. The van der Waals surface area contributed by atoms with Gasteiger partial charge in [-0.25, -0.2) is 0 Å². The van der Waals surface area contributed by atoms with Crippen LogP contribution in [0.25, 0.3) is 10.2 Å². The molecule has 31 heavy (non-hydrogen) atoms. The molecular formula is C24H22IN2O3S-. The molecule has 1 N–H and O–H groups in total. The van der Waals surface area contributed by atoms with Gasteiger partial charge in [-0.2, -0.15) is 0 Å². The fourth-order valence-electron chi connectivity index (χ4n) is 2.87. The quantitative estimate of drug-likeness (QED) is 0.210. The first-order valence-electron chi connectivity index (χ1n) is 9.85. The maximum atomic E-state index is 12.7. The van der Waals surface area contributed by atoms with Crippen molar-refractivity contribution in [3.8, 4) is 5.75 Å². The molecule has 0 saturated heterocycles. The number of aromatic nitrogens is 1. The van der Waals surface area contributed by atoms with Gasteiger partial charge < -0.3 is 4.74 Å². The minimum absolute atomic E-state index is 0.160. The summed E-state index contributed by atoms with van der Waals surface area (Å²) in [6.07, 6.45) is 0. The fraction of sp³-hybridized carbons (Fsp3) is 0.167. The van der Waals surface area contributed by atoms with Crippen LogP contribution < -0.4 is 31.3 Å². The van der Waals surface area contributed by atoms with Gasteiger partial charge in [0.2, 0.25) is 0 Å². The van der Waals surface area contributed by atoms with Gasteiger partial charge in [0.1, 0.15) is 0 Å². The number of rotatable bonds is 8. The zero-order valence-electron chi connectivity index (χ0n) is 17.2. The predicted molar refractivity (Wildman–Crippen MR) is 120 cm³/mol. The number of anilines is 1. The van der Waals surface area contributed by atoms with Gasteiger partial charge in [-0.3, -0.25) is 0 Å². The van der Waals surface area contributed by atoms with Crippen molar-refractivity contribution in [1.29, 1.82) is 0 Å². The van der Waals surface area contributed by atoms with Gasteiger partial charge in [0.15, 0.2) is 6.79 Å². The number of nitrogens with zero attached hydrogens (tertiary/aromatic N) is 1. The van der Waals surface area contributed by atoms with E-state index in [2.05, 4.69) is 41.5 Å². The molecule has 3 aromatic carbocycles. The average molecular weight is 545 g/mol. The van der Waals surface area contributed by atoms with Gasteiger partial charge in [0.25, 0.3) is 0 Å². The SMILES string of the molecule is CCOCOc1ccc2nc(NC(=O)c3ccc([I-]c4cccc(C)c4)cc3)sc2c1. The number of carbonyl (C=O) groups is 1. The van der Waals surface area contributed by atoms with Gasteiger partial charge >= 0.3 is 171 Å². The van der Waals surface area contributed by atoms with E-state index in [0.717, 1.165) is 16.0 Å². The Morgan fingerprint density at radius 3 is 2.68 bits per heavy atom.